The standard InChI is InChI=1S/C24H20F6N2O3S/c25-21(26)9-4-14-12-15(24(28,29)30)5-7-17(14)18-10-11-35-20-13-16(6-8-19(18)20)36(33,34)32-23-3-1-2-22(27)31-23/h1-3,5-8,12-13,18,21H,4,9-11H2,(H,31,32)/t18-/m1/s1. The number of sulfonamides is 1. The Hall–Kier alpha value is -3.28. The summed E-state index contributed by atoms with van der Waals surface area (Å²) in [4.78, 5) is 3.27. The van der Waals surface area contributed by atoms with Crippen molar-refractivity contribution in [3.63, 3.8) is 0 Å². The van der Waals surface area contributed by atoms with Gasteiger partial charge >= 0.3 is 6.18 Å². The van der Waals surface area contributed by atoms with Gasteiger partial charge in [0, 0.05) is 24.0 Å². The van der Waals surface area contributed by atoms with E-state index in [2.05, 4.69) is 9.71 Å². The molecule has 0 spiro atoms. The van der Waals surface area contributed by atoms with Crippen molar-refractivity contribution < 1.29 is 39.5 Å². The topological polar surface area (TPSA) is 68.3 Å². The lowest BCUT2D eigenvalue weighted by Crippen LogP contribution is -2.19. The van der Waals surface area contributed by atoms with Crippen LogP contribution in [0.1, 0.15) is 41.0 Å². The van der Waals surface area contributed by atoms with Gasteiger partial charge in [-0.15, -0.1) is 0 Å². The summed E-state index contributed by atoms with van der Waals surface area (Å²) in [6, 6.07) is 10.7. The van der Waals surface area contributed by atoms with Crippen LogP contribution >= 0.6 is 0 Å². The number of fused-ring (bicyclic) bond motifs is 1. The van der Waals surface area contributed by atoms with Crippen molar-refractivity contribution in [1.29, 1.82) is 0 Å². The van der Waals surface area contributed by atoms with Crippen LogP contribution in [-0.4, -0.2) is 26.4 Å². The molecule has 0 amide bonds. The number of rotatable bonds is 7. The van der Waals surface area contributed by atoms with Gasteiger partial charge in [0.2, 0.25) is 12.4 Å². The molecule has 1 aliphatic rings. The lowest BCUT2D eigenvalue weighted by atomic mass is 9.82. The van der Waals surface area contributed by atoms with Gasteiger partial charge in [0.25, 0.3) is 10.0 Å². The van der Waals surface area contributed by atoms with E-state index in [1.54, 1.807) is 0 Å². The van der Waals surface area contributed by atoms with Crippen molar-refractivity contribution in [2.75, 3.05) is 11.3 Å². The minimum Gasteiger partial charge on any atom is -0.493 e. The monoisotopic (exact) mass is 530 g/mol. The molecule has 2 heterocycles. The predicted octanol–water partition coefficient (Wildman–Crippen LogP) is 6.15. The van der Waals surface area contributed by atoms with E-state index < -0.39 is 46.5 Å². The van der Waals surface area contributed by atoms with Gasteiger partial charge in [0.05, 0.1) is 17.1 Å². The Morgan fingerprint density at radius 1 is 1.06 bits per heavy atom. The number of ether oxygens (including phenoxy) is 1. The van der Waals surface area contributed by atoms with Crippen molar-refractivity contribution in [1.82, 2.24) is 4.98 Å². The number of nitrogens with one attached hydrogen (secondary N) is 1. The van der Waals surface area contributed by atoms with Gasteiger partial charge in [-0.2, -0.15) is 17.6 Å². The van der Waals surface area contributed by atoms with E-state index in [1.165, 1.54) is 36.4 Å². The maximum absolute atomic E-state index is 13.3. The van der Waals surface area contributed by atoms with Gasteiger partial charge in [-0.3, -0.25) is 4.72 Å². The molecule has 0 saturated heterocycles. The van der Waals surface area contributed by atoms with E-state index in [9.17, 15) is 34.8 Å². The summed E-state index contributed by atoms with van der Waals surface area (Å²) in [5, 5.41) is 0. The number of alkyl halides is 5. The third-order valence-electron chi connectivity index (χ3n) is 5.77. The van der Waals surface area contributed by atoms with Crippen LogP contribution in [0.4, 0.5) is 32.2 Å². The number of aryl methyl sites for hydroxylation is 1. The molecule has 0 bridgehead atoms. The number of anilines is 1. The van der Waals surface area contributed by atoms with Crippen LogP contribution in [0.25, 0.3) is 0 Å². The number of pyridine rings is 1. The highest BCUT2D eigenvalue weighted by Crippen LogP contribution is 2.42. The molecule has 36 heavy (non-hydrogen) atoms. The van der Waals surface area contributed by atoms with Crippen LogP contribution in [0, 0.1) is 5.95 Å². The van der Waals surface area contributed by atoms with Crippen LogP contribution < -0.4 is 9.46 Å². The van der Waals surface area contributed by atoms with Crippen molar-refractivity contribution in [2.45, 2.75) is 42.7 Å². The second kappa shape index (κ2) is 10.00. The van der Waals surface area contributed by atoms with Crippen LogP contribution in [-0.2, 0) is 22.6 Å². The highest BCUT2D eigenvalue weighted by molar-refractivity contribution is 7.92. The summed E-state index contributed by atoms with van der Waals surface area (Å²) in [6.45, 7) is 0.134. The number of aromatic nitrogens is 1. The van der Waals surface area contributed by atoms with Gasteiger partial charge in [-0.25, -0.2) is 22.2 Å². The fourth-order valence-corrected chi connectivity index (χ4v) is 5.14. The van der Waals surface area contributed by atoms with E-state index in [0.29, 0.717) is 17.5 Å². The summed E-state index contributed by atoms with van der Waals surface area (Å²) < 4.78 is 112. The van der Waals surface area contributed by atoms with E-state index in [0.717, 1.165) is 18.2 Å². The average molecular weight is 530 g/mol. The molecule has 1 atom stereocenters. The van der Waals surface area contributed by atoms with Crippen molar-refractivity contribution >= 4 is 15.8 Å². The highest BCUT2D eigenvalue weighted by atomic mass is 32.2. The highest BCUT2D eigenvalue weighted by Gasteiger charge is 2.33. The quantitative estimate of drug-likeness (QED) is 0.294. The van der Waals surface area contributed by atoms with E-state index in [1.807, 2.05) is 0 Å². The largest absolute Gasteiger partial charge is 0.493 e. The van der Waals surface area contributed by atoms with Crippen molar-refractivity contribution in [3.8, 4) is 5.75 Å². The molecule has 5 nitrogen and oxygen atoms in total. The second-order valence-electron chi connectivity index (χ2n) is 8.18. The molecule has 1 N–H and O–H groups in total. The third kappa shape index (κ3) is 5.75. The van der Waals surface area contributed by atoms with Crippen LogP contribution in [0.15, 0.2) is 59.5 Å². The van der Waals surface area contributed by atoms with E-state index in [-0.39, 0.29) is 35.1 Å². The maximum Gasteiger partial charge on any atom is 0.416 e. The number of hydrogen-bond donors (Lipinski definition) is 1. The van der Waals surface area contributed by atoms with E-state index >= 15 is 0 Å². The Kier molecular flexibility index (Phi) is 7.17. The van der Waals surface area contributed by atoms with Gasteiger partial charge in [0.1, 0.15) is 11.6 Å². The van der Waals surface area contributed by atoms with Crippen LogP contribution in [0.3, 0.4) is 0 Å². The van der Waals surface area contributed by atoms with Crippen LogP contribution in [0.5, 0.6) is 5.75 Å². The molecule has 3 aromatic rings. The Labute approximate surface area is 203 Å². The van der Waals surface area contributed by atoms with Gasteiger partial charge in [0.15, 0.2) is 0 Å². The fraction of sp³-hybridized carbons (Fsp3) is 0.292. The predicted molar refractivity (Wildman–Crippen MR) is 119 cm³/mol. The first-order chi connectivity index (χ1) is 16.9. The summed E-state index contributed by atoms with van der Waals surface area (Å²) in [5.41, 5.74) is 0.188. The Morgan fingerprint density at radius 3 is 2.50 bits per heavy atom. The number of benzene rings is 2. The van der Waals surface area contributed by atoms with Gasteiger partial charge in [-0.1, -0.05) is 18.2 Å². The number of nitrogens with zero attached hydrogens (tertiary/aromatic N) is 1. The first-order valence-corrected chi connectivity index (χ1v) is 12.3. The Bertz CT molecular complexity index is 1360. The second-order valence-corrected chi connectivity index (χ2v) is 9.86. The third-order valence-corrected chi connectivity index (χ3v) is 7.12. The lowest BCUT2D eigenvalue weighted by molar-refractivity contribution is -0.137. The lowest BCUT2D eigenvalue weighted by Gasteiger charge is -2.29. The Morgan fingerprint density at radius 2 is 1.81 bits per heavy atom. The van der Waals surface area contributed by atoms with Gasteiger partial charge < -0.3 is 4.74 Å². The van der Waals surface area contributed by atoms with E-state index in [4.69, 9.17) is 4.74 Å². The molecule has 1 aliphatic heterocycles. The zero-order valence-corrected chi connectivity index (χ0v) is 19.3. The van der Waals surface area contributed by atoms with Gasteiger partial charge in [-0.05, 0) is 54.3 Å². The molecule has 0 aliphatic carbocycles. The summed E-state index contributed by atoms with van der Waals surface area (Å²) in [6.07, 6.45) is -7.79. The smallest absolute Gasteiger partial charge is 0.416 e. The first kappa shape index (κ1) is 25.8. The zero-order valence-electron chi connectivity index (χ0n) is 18.5. The molecular formula is C24H20F6N2O3S. The molecule has 0 radical (unpaired) electrons. The molecule has 2 aromatic carbocycles. The molecule has 0 fully saturated rings. The molecule has 0 saturated carbocycles. The molecule has 192 valence electrons. The average Bonchev–Trinajstić information content (AvgIpc) is 2.81. The fourth-order valence-electron chi connectivity index (χ4n) is 4.12. The minimum atomic E-state index is -4.63. The summed E-state index contributed by atoms with van der Waals surface area (Å²) in [5.74, 6) is -1.38. The van der Waals surface area contributed by atoms with Crippen molar-refractivity contribution in [2.24, 2.45) is 0 Å². The first-order valence-electron chi connectivity index (χ1n) is 10.8. The molecule has 1 aromatic heterocycles. The van der Waals surface area contributed by atoms with Crippen LogP contribution in [0.2, 0.25) is 0 Å². The number of halogens is 6. The van der Waals surface area contributed by atoms with Crippen molar-refractivity contribution in [3.05, 3.63) is 82.8 Å². The minimum absolute atomic E-state index is 0.134. The molecule has 12 heteroatoms. The molecule has 4 rings (SSSR count). The number of hydrogen-bond acceptors (Lipinski definition) is 4. The summed E-state index contributed by atoms with van der Waals surface area (Å²) >= 11 is 0. The molecule has 0 unspecified atom stereocenters. The Balaban J connectivity index is 1.69. The SMILES string of the molecule is O=S(=O)(Nc1cccc(F)n1)c1ccc2c(c1)OCC[C@@H]2c1ccc(C(F)(F)F)cc1CCC(F)F. The molecular weight excluding hydrogens is 510 g/mol. The zero-order chi connectivity index (χ0) is 26.1. The normalized spacial score (nSPS) is 15.9. The maximum atomic E-state index is 13.3. The summed E-state index contributed by atoms with van der Waals surface area (Å²) in [7, 11) is -4.16.